The minimum Gasteiger partial charge on any atom is -0.371 e. The number of nitrogens with zero attached hydrogens (tertiary/aromatic N) is 4. The molecule has 1 unspecified atom stereocenters. The third-order valence-electron chi connectivity index (χ3n) is 5.47. The minimum atomic E-state index is 0.0539. The Balaban J connectivity index is 1.18. The van der Waals surface area contributed by atoms with Gasteiger partial charge in [0.1, 0.15) is 11.3 Å². The number of aromatic nitrogens is 3. The van der Waals surface area contributed by atoms with Crippen molar-refractivity contribution < 1.29 is 9.53 Å². The average Bonchev–Trinajstić information content (AvgIpc) is 3.29. The smallest absolute Gasteiger partial charge is 0.272 e. The molecule has 1 amide bonds. The Hall–Kier alpha value is -2.38. The molecule has 2 fully saturated rings. The molecule has 0 saturated carbocycles. The molecule has 7 heteroatoms. The van der Waals surface area contributed by atoms with Crippen molar-refractivity contribution >= 4 is 23.3 Å². The van der Waals surface area contributed by atoms with Gasteiger partial charge in [0.2, 0.25) is 0 Å². The molecule has 2 saturated heterocycles. The summed E-state index contributed by atoms with van der Waals surface area (Å²) < 4.78 is 8.10. The van der Waals surface area contributed by atoms with Crippen LogP contribution in [0.15, 0.2) is 48.8 Å². The molecular weight excluding hydrogens is 372 g/mol. The zero-order chi connectivity index (χ0) is 19.1. The topological polar surface area (TPSA) is 59.7 Å². The van der Waals surface area contributed by atoms with Gasteiger partial charge in [0.05, 0.1) is 29.3 Å². The number of fused-ring (bicyclic) bond motifs is 1. The lowest BCUT2D eigenvalue weighted by Crippen LogP contribution is -2.60. The summed E-state index contributed by atoms with van der Waals surface area (Å²) in [5.41, 5.74) is 3.42. The van der Waals surface area contributed by atoms with Crippen LogP contribution in [0, 0.1) is 6.92 Å². The fraction of sp³-hybridized carbons (Fsp3) is 0.381. The summed E-state index contributed by atoms with van der Waals surface area (Å²) in [7, 11) is 0. The van der Waals surface area contributed by atoms with Gasteiger partial charge in [0, 0.05) is 30.7 Å². The van der Waals surface area contributed by atoms with Crippen LogP contribution < -0.4 is 0 Å². The predicted octanol–water partition coefficient (Wildman–Crippen LogP) is 2.95. The van der Waals surface area contributed by atoms with E-state index in [1.807, 2.05) is 70.6 Å². The molecule has 144 valence electrons. The Morgan fingerprint density at radius 2 is 2.18 bits per heavy atom. The van der Waals surface area contributed by atoms with Gasteiger partial charge < -0.3 is 9.64 Å². The van der Waals surface area contributed by atoms with Crippen LogP contribution >= 0.6 is 11.8 Å². The molecule has 0 bridgehead atoms. The van der Waals surface area contributed by atoms with E-state index >= 15 is 0 Å². The van der Waals surface area contributed by atoms with Crippen LogP contribution in [-0.4, -0.2) is 54.9 Å². The van der Waals surface area contributed by atoms with Crippen molar-refractivity contribution in [3.8, 4) is 0 Å². The van der Waals surface area contributed by atoms with Crippen LogP contribution in [0.2, 0.25) is 0 Å². The minimum absolute atomic E-state index is 0.0539. The molecule has 3 aromatic heterocycles. The van der Waals surface area contributed by atoms with E-state index in [1.165, 1.54) is 0 Å². The number of rotatable bonds is 4. The number of aryl methyl sites for hydroxylation is 1. The number of ether oxygens (including phenoxy) is 1. The molecule has 3 aromatic rings. The van der Waals surface area contributed by atoms with Crippen molar-refractivity contribution in [1.82, 2.24) is 19.3 Å². The standard InChI is InChI=1S/C21H22N4O2S/c1-15-5-4-6-16(23-15)11-27-17-9-21(28-12-17)13-24(14-21)20(26)18-10-22-19-7-2-3-8-25(18)19/h2-8,10,17H,9,11-14H2,1H3. The lowest BCUT2D eigenvalue weighted by Gasteiger charge is -2.47. The third-order valence-corrected chi connectivity index (χ3v) is 7.05. The Morgan fingerprint density at radius 3 is 3.04 bits per heavy atom. The van der Waals surface area contributed by atoms with Gasteiger partial charge in [-0.2, -0.15) is 0 Å². The van der Waals surface area contributed by atoms with Crippen LogP contribution in [0.25, 0.3) is 5.65 Å². The highest BCUT2D eigenvalue weighted by molar-refractivity contribution is 8.01. The van der Waals surface area contributed by atoms with E-state index in [0.29, 0.717) is 12.3 Å². The van der Waals surface area contributed by atoms with Crippen LogP contribution in [0.1, 0.15) is 28.3 Å². The number of hydrogen-bond acceptors (Lipinski definition) is 5. The zero-order valence-electron chi connectivity index (χ0n) is 15.7. The number of hydrogen-bond donors (Lipinski definition) is 0. The number of pyridine rings is 2. The first-order chi connectivity index (χ1) is 13.6. The largest absolute Gasteiger partial charge is 0.371 e. The van der Waals surface area contributed by atoms with Gasteiger partial charge in [0.25, 0.3) is 5.91 Å². The molecule has 5 rings (SSSR count). The van der Waals surface area contributed by atoms with Gasteiger partial charge >= 0.3 is 0 Å². The first kappa shape index (κ1) is 17.7. The lowest BCUT2D eigenvalue weighted by atomic mass is 9.92. The summed E-state index contributed by atoms with van der Waals surface area (Å²) in [6, 6.07) is 11.8. The molecule has 0 aliphatic carbocycles. The first-order valence-electron chi connectivity index (χ1n) is 9.51. The Labute approximate surface area is 167 Å². The second-order valence-electron chi connectivity index (χ2n) is 7.63. The summed E-state index contributed by atoms with van der Waals surface area (Å²) in [5, 5.41) is 0. The Bertz CT molecular complexity index is 1030. The van der Waals surface area contributed by atoms with Crippen LogP contribution in [0.4, 0.5) is 0 Å². The second kappa shape index (κ2) is 6.90. The summed E-state index contributed by atoms with van der Waals surface area (Å²) in [5.74, 6) is 1.03. The normalized spacial score (nSPS) is 20.6. The van der Waals surface area contributed by atoms with Crippen molar-refractivity contribution in [2.75, 3.05) is 18.8 Å². The number of thioether (sulfide) groups is 1. The van der Waals surface area contributed by atoms with E-state index in [-0.39, 0.29) is 16.8 Å². The molecule has 0 N–H and O–H groups in total. The quantitative estimate of drug-likeness (QED) is 0.681. The predicted molar refractivity (Wildman–Crippen MR) is 108 cm³/mol. The number of amides is 1. The average molecular weight is 395 g/mol. The number of imidazole rings is 1. The van der Waals surface area contributed by atoms with Crippen molar-refractivity contribution in [3.63, 3.8) is 0 Å². The van der Waals surface area contributed by atoms with Crippen LogP contribution in [-0.2, 0) is 11.3 Å². The monoisotopic (exact) mass is 394 g/mol. The number of carbonyl (C=O) groups is 1. The Morgan fingerprint density at radius 1 is 1.29 bits per heavy atom. The fourth-order valence-corrected chi connectivity index (χ4v) is 5.61. The molecule has 2 aliphatic rings. The second-order valence-corrected chi connectivity index (χ2v) is 9.12. The fourth-order valence-electron chi connectivity index (χ4n) is 4.06. The molecule has 0 radical (unpaired) electrons. The molecule has 2 aliphatic heterocycles. The summed E-state index contributed by atoms with van der Waals surface area (Å²) >= 11 is 1.94. The van der Waals surface area contributed by atoms with Crippen molar-refractivity contribution in [2.24, 2.45) is 0 Å². The van der Waals surface area contributed by atoms with E-state index in [1.54, 1.807) is 6.20 Å². The molecule has 0 aromatic carbocycles. The summed E-state index contributed by atoms with van der Waals surface area (Å²) in [6.45, 7) is 4.10. The van der Waals surface area contributed by atoms with E-state index in [0.717, 1.165) is 42.3 Å². The summed E-state index contributed by atoms with van der Waals surface area (Å²) in [6.07, 6.45) is 4.77. The third kappa shape index (κ3) is 3.18. The van der Waals surface area contributed by atoms with E-state index in [4.69, 9.17) is 4.74 Å². The Kier molecular flexibility index (Phi) is 4.36. The van der Waals surface area contributed by atoms with E-state index in [9.17, 15) is 4.79 Å². The van der Waals surface area contributed by atoms with E-state index < -0.39 is 0 Å². The first-order valence-corrected chi connectivity index (χ1v) is 10.5. The zero-order valence-corrected chi connectivity index (χ0v) is 16.6. The van der Waals surface area contributed by atoms with Crippen molar-refractivity contribution in [1.29, 1.82) is 0 Å². The molecule has 1 spiro atoms. The van der Waals surface area contributed by atoms with Crippen molar-refractivity contribution in [2.45, 2.75) is 30.8 Å². The maximum Gasteiger partial charge on any atom is 0.272 e. The highest BCUT2D eigenvalue weighted by atomic mass is 32.2. The van der Waals surface area contributed by atoms with Crippen molar-refractivity contribution in [3.05, 3.63) is 65.9 Å². The van der Waals surface area contributed by atoms with Gasteiger partial charge in [-0.25, -0.2) is 4.98 Å². The highest BCUT2D eigenvalue weighted by Crippen LogP contribution is 2.46. The van der Waals surface area contributed by atoms with Gasteiger partial charge in [-0.3, -0.25) is 14.2 Å². The van der Waals surface area contributed by atoms with E-state index in [2.05, 4.69) is 9.97 Å². The molecule has 28 heavy (non-hydrogen) atoms. The van der Waals surface area contributed by atoms with Gasteiger partial charge in [-0.15, -0.1) is 11.8 Å². The maximum atomic E-state index is 12.9. The van der Waals surface area contributed by atoms with Gasteiger partial charge in [-0.05, 0) is 37.6 Å². The van der Waals surface area contributed by atoms with Gasteiger partial charge in [-0.1, -0.05) is 12.1 Å². The molecular formula is C21H22N4O2S. The highest BCUT2D eigenvalue weighted by Gasteiger charge is 2.51. The van der Waals surface area contributed by atoms with Crippen LogP contribution in [0.5, 0.6) is 0 Å². The SMILES string of the molecule is Cc1cccc(COC2CSC3(C2)CN(C(=O)c2cnc4ccccn24)C3)n1. The molecule has 1 atom stereocenters. The number of carbonyl (C=O) groups excluding carboxylic acids is 1. The molecule has 6 nitrogen and oxygen atoms in total. The maximum absolute atomic E-state index is 12.9. The summed E-state index contributed by atoms with van der Waals surface area (Å²) in [4.78, 5) is 23.6. The van der Waals surface area contributed by atoms with Crippen LogP contribution in [0.3, 0.4) is 0 Å². The number of likely N-dealkylation sites (tertiary alicyclic amines) is 1. The lowest BCUT2D eigenvalue weighted by molar-refractivity contribution is 0.0242. The molecule has 5 heterocycles. The van der Waals surface area contributed by atoms with Gasteiger partial charge in [0.15, 0.2) is 0 Å².